The number of carbonyl (C=O) groups excluding carboxylic acids is 1. The van der Waals surface area contributed by atoms with Gasteiger partial charge in [-0.1, -0.05) is 30.3 Å². The van der Waals surface area contributed by atoms with Crippen molar-refractivity contribution in [1.29, 1.82) is 0 Å². The van der Waals surface area contributed by atoms with Gasteiger partial charge in [-0.3, -0.25) is 15.6 Å². The summed E-state index contributed by atoms with van der Waals surface area (Å²) in [5.41, 5.74) is 8.23. The normalized spacial score (nSPS) is 9.85. The van der Waals surface area contributed by atoms with Gasteiger partial charge in [0.25, 0.3) is 0 Å². The molecule has 0 unspecified atom stereocenters. The van der Waals surface area contributed by atoms with Gasteiger partial charge in [0, 0.05) is 0 Å². The molecule has 0 saturated heterocycles. The Morgan fingerprint density at radius 2 is 1.90 bits per heavy atom. The summed E-state index contributed by atoms with van der Waals surface area (Å²) in [7, 11) is 0. The number of aryl methyl sites for hydroxylation is 1. The molecule has 0 fully saturated rings. The van der Waals surface area contributed by atoms with Gasteiger partial charge in [-0.15, -0.1) is 4.91 Å². The molecule has 2 rings (SSSR count). The van der Waals surface area contributed by atoms with Gasteiger partial charge in [-0.2, -0.15) is 0 Å². The van der Waals surface area contributed by atoms with E-state index in [2.05, 4.69) is 16.0 Å². The van der Waals surface area contributed by atoms with E-state index < -0.39 is 0 Å². The zero-order valence-corrected chi connectivity index (χ0v) is 11.1. The number of benzene rings is 2. The second kappa shape index (κ2) is 6.47. The van der Waals surface area contributed by atoms with E-state index in [0.717, 1.165) is 11.1 Å². The Balaban J connectivity index is 1.90. The molecule has 5 heteroatoms. The SMILES string of the molecule is Cc1cc(NNC(=O)Cc2ccccc2)ccc1N=O. The van der Waals surface area contributed by atoms with E-state index in [1.54, 1.807) is 25.1 Å². The molecule has 0 aromatic heterocycles. The van der Waals surface area contributed by atoms with Gasteiger partial charge in [-0.25, -0.2) is 0 Å². The smallest absolute Gasteiger partial charge is 0.242 e. The van der Waals surface area contributed by atoms with Crippen LogP contribution in [0.2, 0.25) is 0 Å². The molecule has 0 radical (unpaired) electrons. The number of nitrogens with one attached hydrogen (secondary N) is 2. The Morgan fingerprint density at radius 3 is 2.55 bits per heavy atom. The third-order valence-electron chi connectivity index (χ3n) is 2.85. The highest BCUT2D eigenvalue weighted by Crippen LogP contribution is 2.21. The van der Waals surface area contributed by atoms with Gasteiger partial charge in [0.05, 0.1) is 12.1 Å². The molecule has 0 heterocycles. The molecular formula is C15H15N3O2. The number of hydrazine groups is 1. The molecule has 2 N–H and O–H groups in total. The van der Waals surface area contributed by atoms with Gasteiger partial charge in [0.15, 0.2) is 0 Å². The van der Waals surface area contributed by atoms with E-state index in [4.69, 9.17) is 0 Å². The molecule has 2 aromatic rings. The maximum absolute atomic E-state index is 11.8. The molecule has 0 aliphatic heterocycles. The van der Waals surface area contributed by atoms with Crippen LogP contribution in [-0.4, -0.2) is 5.91 Å². The van der Waals surface area contributed by atoms with Crippen LogP contribution in [0.15, 0.2) is 53.7 Å². The number of nitroso groups, excluding NO2 is 1. The number of hydrogen-bond acceptors (Lipinski definition) is 4. The summed E-state index contributed by atoms with van der Waals surface area (Å²) in [5, 5.41) is 2.90. The summed E-state index contributed by atoms with van der Waals surface area (Å²) >= 11 is 0. The number of hydrogen-bond donors (Lipinski definition) is 2. The summed E-state index contributed by atoms with van der Waals surface area (Å²) in [6.45, 7) is 1.79. The average molecular weight is 269 g/mol. The lowest BCUT2D eigenvalue weighted by Crippen LogP contribution is -2.30. The molecule has 0 atom stereocenters. The standard InChI is InChI=1S/C15H15N3O2/c1-11-9-13(7-8-14(11)18-20)16-17-15(19)10-12-5-3-2-4-6-12/h2-9,16H,10H2,1H3,(H,17,19). The van der Waals surface area contributed by atoms with Crippen molar-refractivity contribution >= 4 is 17.3 Å². The summed E-state index contributed by atoms with van der Waals surface area (Å²) in [6, 6.07) is 14.5. The maximum Gasteiger partial charge on any atom is 0.242 e. The van der Waals surface area contributed by atoms with Crippen LogP contribution in [0.5, 0.6) is 0 Å². The average Bonchev–Trinajstić information content (AvgIpc) is 2.46. The highest BCUT2D eigenvalue weighted by Gasteiger charge is 2.03. The minimum absolute atomic E-state index is 0.133. The molecule has 0 saturated carbocycles. The first-order valence-corrected chi connectivity index (χ1v) is 6.22. The summed E-state index contributed by atoms with van der Waals surface area (Å²) in [6.07, 6.45) is 0.306. The van der Waals surface area contributed by atoms with Crippen LogP contribution in [0.25, 0.3) is 0 Å². The third-order valence-corrected chi connectivity index (χ3v) is 2.85. The Morgan fingerprint density at radius 1 is 1.15 bits per heavy atom. The van der Waals surface area contributed by atoms with Crippen molar-refractivity contribution in [3.05, 3.63) is 64.6 Å². The van der Waals surface area contributed by atoms with Gasteiger partial charge < -0.3 is 0 Å². The lowest BCUT2D eigenvalue weighted by molar-refractivity contribution is -0.119. The molecule has 0 spiro atoms. The third kappa shape index (κ3) is 3.65. The van der Waals surface area contributed by atoms with Crippen LogP contribution in [0, 0.1) is 11.8 Å². The zero-order chi connectivity index (χ0) is 14.4. The summed E-state index contributed by atoms with van der Waals surface area (Å²) in [4.78, 5) is 22.2. The highest BCUT2D eigenvalue weighted by atomic mass is 16.3. The van der Waals surface area contributed by atoms with Gasteiger partial charge >= 0.3 is 0 Å². The molecule has 5 nitrogen and oxygen atoms in total. The molecule has 0 aliphatic carbocycles. The molecule has 0 bridgehead atoms. The van der Waals surface area contributed by atoms with Crippen LogP contribution < -0.4 is 10.9 Å². The van der Waals surface area contributed by atoms with E-state index >= 15 is 0 Å². The van der Waals surface area contributed by atoms with Crippen molar-refractivity contribution in [2.45, 2.75) is 13.3 Å². The van der Waals surface area contributed by atoms with E-state index in [1.165, 1.54) is 0 Å². The number of amides is 1. The van der Waals surface area contributed by atoms with Crippen molar-refractivity contribution in [2.75, 3.05) is 5.43 Å². The maximum atomic E-state index is 11.8. The first-order chi connectivity index (χ1) is 9.69. The number of carbonyl (C=O) groups is 1. The van der Waals surface area contributed by atoms with Crippen LogP contribution >= 0.6 is 0 Å². The van der Waals surface area contributed by atoms with Gasteiger partial charge in [-0.05, 0) is 41.4 Å². The minimum Gasteiger partial charge on any atom is -0.299 e. The van der Waals surface area contributed by atoms with Crippen LogP contribution in [-0.2, 0) is 11.2 Å². The van der Waals surface area contributed by atoms with E-state index in [0.29, 0.717) is 17.8 Å². The van der Waals surface area contributed by atoms with Gasteiger partial charge in [0.1, 0.15) is 5.69 Å². The molecule has 2 aromatic carbocycles. The number of nitrogens with zero attached hydrogens (tertiary/aromatic N) is 1. The van der Waals surface area contributed by atoms with Crippen molar-refractivity contribution in [2.24, 2.45) is 5.18 Å². The first kappa shape index (κ1) is 13.7. The number of rotatable bonds is 5. The van der Waals surface area contributed by atoms with Crippen molar-refractivity contribution < 1.29 is 4.79 Å². The molecule has 20 heavy (non-hydrogen) atoms. The highest BCUT2D eigenvalue weighted by molar-refractivity contribution is 5.79. The fourth-order valence-electron chi connectivity index (χ4n) is 1.80. The van der Waals surface area contributed by atoms with Crippen molar-refractivity contribution in [1.82, 2.24) is 5.43 Å². The molecule has 102 valence electrons. The van der Waals surface area contributed by atoms with E-state index in [9.17, 15) is 9.70 Å². The first-order valence-electron chi connectivity index (χ1n) is 6.22. The second-order valence-electron chi connectivity index (χ2n) is 4.43. The molecule has 1 amide bonds. The monoisotopic (exact) mass is 269 g/mol. The summed E-state index contributed by atoms with van der Waals surface area (Å²) < 4.78 is 0. The van der Waals surface area contributed by atoms with Gasteiger partial charge in [0.2, 0.25) is 5.91 Å². The molecule has 0 aliphatic rings. The van der Waals surface area contributed by atoms with Crippen LogP contribution in [0.4, 0.5) is 11.4 Å². The van der Waals surface area contributed by atoms with E-state index in [1.807, 2.05) is 30.3 Å². The topological polar surface area (TPSA) is 70.6 Å². The number of anilines is 1. The van der Waals surface area contributed by atoms with Crippen LogP contribution in [0.3, 0.4) is 0 Å². The van der Waals surface area contributed by atoms with Crippen molar-refractivity contribution in [3.63, 3.8) is 0 Å². The minimum atomic E-state index is -0.133. The predicted octanol–water partition coefficient (Wildman–Crippen LogP) is 3.08. The Kier molecular flexibility index (Phi) is 4.44. The lowest BCUT2D eigenvalue weighted by atomic mass is 10.1. The zero-order valence-electron chi connectivity index (χ0n) is 11.1. The summed E-state index contributed by atoms with van der Waals surface area (Å²) in [5.74, 6) is -0.133. The lowest BCUT2D eigenvalue weighted by Gasteiger charge is -2.09. The largest absolute Gasteiger partial charge is 0.299 e. The fraction of sp³-hybridized carbons (Fsp3) is 0.133. The Bertz CT molecular complexity index is 612. The second-order valence-corrected chi connectivity index (χ2v) is 4.43. The quantitative estimate of drug-likeness (QED) is 0.647. The van der Waals surface area contributed by atoms with Crippen molar-refractivity contribution in [3.8, 4) is 0 Å². The molecular weight excluding hydrogens is 254 g/mol. The fourth-order valence-corrected chi connectivity index (χ4v) is 1.80. The van der Waals surface area contributed by atoms with E-state index in [-0.39, 0.29) is 5.91 Å². The Hall–Kier alpha value is -2.69. The predicted molar refractivity (Wildman–Crippen MR) is 78.5 cm³/mol. The Labute approximate surface area is 117 Å². The van der Waals surface area contributed by atoms with Crippen LogP contribution in [0.1, 0.15) is 11.1 Å².